The van der Waals surface area contributed by atoms with Gasteiger partial charge in [-0.05, 0) is 44.0 Å². The maximum Gasteiger partial charge on any atom is 0.346 e. The Morgan fingerprint density at radius 3 is 2.40 bits per heavy atom. The maximum atomic E-state index is 11.3. The van der Waals surface area contributed by atoms with Crippen molar-refractivity contribution in [2.75, 3.05) is 13.7 Å². The van der Waals surface area contributed by atoms with Crippen LogP contribution in [0.3, 0.4) is 0 Å². The molecule has 2 atom stereocenters. The van der Waals surface area contributed by atoms with Crippen LogP contribution in [-0.2, 0) is 9.53 Å². The van der Waals surface area contributed by atoms with Crippen LogP contribution in [-0.4, -0.2) is 25.7 Å². The van der Waals surface area contributed by atoms with Crippen LogP contribution in [0.2, 0.25) is 0 Å². The Labute approximate surface area is 121 Å². The molecule has 1 rings (SSSR count). The van der Waals surface area contributed by atoms with Gasteiger partial charge >= 0.3 is 5.97 Å². The number of methoxy groups -OCH3 is 1. The molecule has 0 saturated carbocycles. The van der Waals surface area contributed by atoms with E-state index in [0.717, 1.165) is 19.4 Å². The van der Waals surface area contributed by atoms with E-state index in [0.29, 0.717) is 11.8 Å². The molecule has 0 aliphatic heterocycles. The van der Waals surface area contributed by atoms with E-state index >= 15 is 0 Å². The summed E-state index contributed by atoms with van der Waals surface area (Å²) in [6, 6.07) is 8.23. The molecule has 1 aromatic carbocycles. The van der Waals surface area contributed by atoms with Crippen molar-refractivity contribution < 1.29 is 14.3 Å². The zero-order chi connectivity index (χ0) is 15.0. The summed E-state index contributed by atoms with van der Waals surface area (Å²) in [5, 5.41) is 3.51. The number of benzene rings is 1. The van der Waals surface area contributed by atoms with Crippen molar-refractivity contribution in [3.63, 3.8) is 0 Å². The Bertz CT molecular complexity index is 403. The first-order valence-electron chi connectivity index (χ1n) is 7.20. The lowest BCUT2D eigenvalue weighted by Gasteiger charge is -2.18. The van der Waals surface area contributed by atoms with Gasteiger partial charge in [0.1, 0.15) is 5.75 Å². The molecule has 0 heterocycles. The molecular formula is C16H25NO3. The van der Waals surface area contributed by atoms with Gasteiger partial charge in [-0.3, -0.25) is 0 Å². The minimum Gasteiger partial charge on any atom is -0.479 e. The summed E-state index contributed by atoms with van der Waals surface area (Å²) < 4.78 is 10.2. The van der Waals surface area contributed by atoms with Crippen molar-refractivity contribution in [1.82, 2.24) is 5.32 Å². The lowest BCUT2D eigenvalue weighted by molar-refractivity contribution is -0.147. The van der Waals surface area contributed by atoms with Crippen molar-refractivity contribution >= 4 is 5.97 Å². The molecule has 0 saturated heterocycles. The van der Waals surface area contributed by atoms with E-state index in [4.69, 9.17) is 4.74 Å². The monoisotopic (exact) mass is 279 g/mol. The summed E-state index contributed by atoms with van der Waals surface area (Å²) in [4.78, 5) is 11.3. The number of rotatable bonds is 8. The first kappa shape index (κ1) is 16.5. The fourth-order valence-corrected chi connectivity index (χ4v) is 2.01. The van der Waals surface area contributed by atoms with E-state index in [1.165, 1.54) is 12.7 Å². The summed E-state index contributed by atoms with van der Waals surface area (Å²) in [6.45, 7) is 7.01. The number of hydrogen-bond donors (Lipinski definition) is 1. The molecule has 112 valence electrons. The Kier molecular flexibility index (Phi) is 7.09. The zero-order valence-electron chi connectivity index (χ0n) is 12.8. The molecule has 4 nitrogen and oxygen atoms in total. The Morgan fingerprint density at radius 2 is 1.90 bits per heavy atom. The van der Waals surface area contributed by atoms with Crippen molar-refractivity contribution in [2.45, 2.75) is 45.8 Å². The standard InChI is InChI=1S/C16H25NO3/c1-5-11-17-15(6-2)13-7-9-14(10-8-13)20-12(3)16(18)19-4/h7-10,12,15,17H,5-6,11H2,1-4H3. The van der Waals surface area contributed by atoms with E-state index < -0.39 is 6.10 Å². The average molecular weight is 279 g/mol. The quantitative estimate of drug-likeness (QED) is 0.743. The molecule has 1 aromatic rings. The van der Waals surface area contributed by atoms with Crippen LogP contribution in [0.5, 0.6) is 5.75 Å². The number of esters is 1. The number of carbonyl (C=O) groups is 1. The minimum absolute atomic E-state index is 0.363. The van der Waals surface area contributed by atoms with Gasteiger partial charge in [-0.2, -0.15) is 0 Å². The topological polar surface area (TPSA) is 47.6 Å². The number of carbonyl (C=O) groups excluding carboxylic acids is 1. The first-order chi connectivity index (χ1) is 9.62. The normalized spacial score (nSPS) is 13.6. The Hall–Kier alpha value is -1.55. The van der Waals surface area contributed by atoms with Gasteiger partial charge in [-0.15, -0.1) is 0 Å². The van der Waals surface area contributed by atoms with Crippen LogP contribution in [0.4, 0.5) is 0 Å². The van der Waals surface area contributed by atoms with Crippen LogP contribution in [0.15, 0.2) is 24.3 Å². The van der Waals surface area contributed by atoms with E-state index in [-0.39, 0.29) is 5.97 Å². The maximum absolute atomic E-state index is 11.3. The molecule has 0 fully saturated rings. The third-order valence-corrected chi connectivity index (χ3v) is 3.18. The number of hydrogen-bond acceptors (Lipinski definition) is 4. The minimum atomic E-state index is -0.592. The first-order valence-corrected chi connectivity index (χ1v) is 7.20. The van der Waals surface area contributed by atoms with Crippen LogP contribution in [0.25, 0.3) is 0 Å². The highest BCUT2D eigenvalue weighted by molar-refractivity contribution is 5.74. The van der Waals surface area contributed by atoms with Crippen molar-refractivity contribution in [2.24, 2.45) is 0 Å². The fraction of sp³-hybridized carbons (Fsp3) is 0.562. The van der Waals surface area contributed by atoms with Crippen molar-refractivity contribution in [3.05, 3.63) is 29.8 Å². The van der Waals surface area contributed by atoms with E-state index in [9.17, 15) is 4.79 Å². The molecule has 0 aliphatic carbocycles. The smallest absolute Gasteiger partial charge is 0.346 e. The fourth-order valence-electron chi connectivity index (χ4n) is 2.01. The zero-order valence-corrected chi connectivity index (χ0v) is 12.8. The lowest BCUT2D eigenvalue weighted by atomic mass is 10.0. The van der Waals surface area contributed by atoms with Gasteiger partial charge in [0.2, 0.25) is 0 Å². The predicted molar refractivity (Wildman–Crippen MR) is 79.9 cm³/mol. The van der Waals surface area contributed by atoms with E-state index in [1.54, 1.807) is 6.92 Å². The number of ether oxygens (including phenoxy) is 2. The SMILES string of the molecule is CCCNC(CC)c1ccc(OC(C)C(=O)OC)cc1. The van der Waals surface area contributed by atoms with Crippen LogP contribution in [0, 0.1) is 0 Å². The summed E-state index contributed by atoms with van der Waals surface area (Å²) in [6.07, 6.45) is 1.57. The summed E-state index contributed by atoms with van der Waals surface area (Å²) in [7, 11) is 1.36. The second kappa shape index (κ2) is 8.59. The largest absolute Gasteiger partial charge is 0.479 e. The van der Waals surface area contributed by atoms with Crippen LogP contribution < -0.4 is 10.1 Å². The van der Waals surface area contributed by atoms with Crippen LogP contribution in [0.1, 0.15) is 45.2 Å². The molecule has 0 aromatic heterocycles. The average Bonchev–Trinajstić information content (AvgIpc) is 2.48. The molecule has 4 heteroatoms. The van der Waals surface area contributed by atoms with Gasteiger partial charge in [0.25, 0.3) is 0 Å². The molecule has 0 amide bonds. The molecule has 20 heavy (non-hydrogen) atoms. The molecular weight excluding hydrogens is 254 g/mol. The lowest BCUT2D eigenvalue weighted by Crippen LogP contribution is -2.25. The second-order valence-corrected chi connectivity index (χ2v) is 4.77. The molecule has 0 bridgehead atoms. The predicted octanol–water partition coefficient (Wildman–Crippen LogP) is 3.08. The second-order valence-electron chi connectivity index (χ2n) is 4.77. The molecule has 0 radical (unpaired) electrons. The van der Waals surface area contributed by atoms with Gasteiger partial charge in [0.15, 0.2) is 6.10 Å². The molecule has 2 unspecified atom stereocenters. The molecule has 1 N–H and O–H groups in total. The Morgan fingerprint density at radius 1 is 1.25 bits per heavy atom. The van der Waals surface area contributed by atoms with Gasteiger partial charge in [0, 0.05) is 6.04 Å². The summed E-state index contributed by atoms with van der Waals surface area (Å²) >= 11 is 0. The van der Waals surface area contributed by atoms with E-state index in [2.05, 4.69) is 23.9 Å². The van der Waals surface area contributed by atoms with Gasteiger partial charge < -0.3 is 14.8 Å². The highest BCUT2D eigenvalue weighted by Gasteiger charge is 2.15. The van der Waals surface area contributed by atoms with Crippen molar-refractivity contribution in [1.29, 1.82) is 0 Å². The van der Waals surface area contributed by atoms with Gasteiger partial charge in [-0.25, -0.2) is 4.79 Å². The number of nitrogens with one attached hydrogen (secondary N) is 1. The molecule has 0 aliphatic rings. The third-order valence-electron chi connectivity index (χ3n) is 3.18. The van der Waals surface area contributed by atoms with Crippen molar-refractivity contribution in [3.8, 4) is 5.75 Å². The Balaban J connectivity index is 2.65. The summed E-state index contributed by atoms with van der Waals surface area (Å²) in [5.41, 5.74) is 1.24. The van der Waals surface area contributed by atoms with Gasteiger partial charge in [-0.1, -0.05) is 26.0 Å². The third kappa shape index (κ3) is 4.85. The van der Waals surface area contributed by atoms with Crippen LogP contribution >= 0.6 is 0 Å². The van der Waals surface area contributed by atoms with Gasteiger partial charge in [0.05, 0.1) is 7.11 Å². The highest BCUT2D eigenvalue weighted by atomic mass is 16.6. The highest BCUT2D eigenvalue weighted by Crippen LogP contribution is 2.21. The molecule has 0 spiro atoms. The summed E-state index contributed by atoms with van der Waals surface area (Å²) in [5.74, 6) is 0.308. The van der Waals surface area contributed by atoms with E-state index in [1.807, 2.05) is 24.3 Å².